The minimum Gasteiger partial charge on any atom is -0.447 e. The molecule has 300 valence electrons. The highest BCUT2D eigenvalue weighted by Crippen LogP contribution is 2.24. The van der Waals surface area contributed by atoms with E-state index in [9.17, 15) is 29.1 Å². The lowest BCUT2D eigenvalue weighted by molar-refractivity contribution is -0.136. The van der Waals surface area contributed by atoms with Crippen LogP contribution >= 0.6 is 0 Å². The Hall–Kier alpha value is -6.65. The molecule has 2 aliphatic heterocycles. The SMILES string of the molecule is C=CCCC(=O)N1C(=O)OC[C@H]1Cc1ccccc1.C=CC[C@H](C(=O)N1C(=O)OC[C@H]1Cc1ccccc1)[C@@H](O)/C=C/c1ccccc1.O=C/C=C/c1ccccc1. The molecule has 2 fully saturated rings. The van der Waals surface area contributed by atoms with Gasteiger partial charge in [0.15, 0.2) is 0 Å². The quantitative estimate of drug-likeness (QED) is 0.0725. The van der Waals surface area contributed by atoms with Crippen LogP contribution in [0, 0.1) is 5.92 Å². The van der Waals surface area contributed by atoms with Crippen LogP contribution in [0.2, 0.25) is 0 Å². The molecule has 0 saturated carbocycles. The van der Waals surface area contributed by atoms with E-state index in [0.717, 1.165) is 33.4 Å². The van der Waals surface area contributed by atoms with E-state index in [4.69, 9.17) is 9.47 Å². The molecule has 0 radical (unpaired) electrons. The topological polar surface area (TPSA) is 131 Å². The van der Waals surface area contributed by atoms with E-state index in [2.05, 4.69) is 13.2 Å². The Morgan fingerprint density at radius 2 is 1.16 bits per heavy atom. The zero-order valence-electron chi connectivity index (χ0n) is 32.5. The highest BCUT2D eigenvalue weighted by molar-refractivity contribution is 5.95. The molecule has 2 aliphatic rings. The number of imide groups is 2. The van der Waals surface area contributed by atoms with Gasteiger partial charge >= 0.3 is 12.2 Å². The third-order valence-electron chi connectivity index (χ3n) is 9.22. The fourth-order valence-corrected chi connectivity index (χ4v) is 6.28. The van der Waals surface area contributed by atoms with Gasteiger partial charge in [0.1, 0.15) is 19.5 Å². The normalized spacial score (nSPS) is 16.9. The van der Waals surface area contributed by atoms with Crippen molar-refractivity contribution < 1.29 is 38.6 Å². The predicted molar refractivity (Wildman–Crippen MR) is 225 cm³/mol. The summed E-state index contributed by atoms with van der Waals surface area (Å²) in [5.41, 5.74) is 4.07. The number of ether oxygens (including phenoxy) is 2. The van der Waals surface area contributed by atoms with E-state index in [0.29, 0.717) is 25.7 Å². The molecule has 2 heterocycles. The van der Waals surface area contributed by atoms with Crippen LogP contribution in [0.1, 0.15) is 41.5 Å². The molecule has 10 heteroatoms. The maximum absolute atomic E-state index is 13.2. The summed E-state index contributed by atoms with van der Waals surface area (Å²) in [7, 11) is 0. The molecule has 0 spiro atoms. The molecule has 4 aromatic carbocycles. The number of hydrogen-bond acceptors (Lipinski definition) is 8. The van der Waals surface area contributed by atoms with E-state index in [-0.39, 0.29) is 31.6 Å². The van der Waals surface area contributed by atoms with Gasteiger partial charge in [-0.15, -0.1) is 13.2 Å². The Balaban J connectivity index is 0.000000218. The molecule has 4 atom stereocenters. The first-order valence-corrected chi connectivity index (χ1v) is 19.1. The Labute approximate surface area is 340 Å². The van der Waals surface area contributed by atoms with E-state index in [1.807, 2.05) is 121 Å². The number of amides is 4. The number of allylic oxidation sites excluding steroid dienone is 3. The number of hydrogen-bond donors (Lipinski definition) is 1. The molecule has 2 saturated heterocycles. The number of carbonyl (C=O) groups is 5. The lowest BCUT2D eigenvalue weighted by Gasteiger charge is -2.26. The number of aldehydes is 1. The number of aliphatic hydroxyl groups excluding tert-OH is 1. The number of nitrogens with zero attached hydrogens (tertiary/aromatic N) is 2. The van der Waals surface area contributed by atoms with Crippen LogP contribution in [0.5, 0.6) is 0 Å². The monoisotopic (exact) mass is 782 g/mol. The lowest BCUT2D eigenvalue weighted by atomic mass is 9.94. The van der Waals surface area contributed by atoms with Crippen molar-refractivity contribution in [1.82, 2.24) is 9.80 Å². The highest BCUT2D eigenvalue weighted by atomic mass is 16.6. The first-order chi connectivity index (χ1) is 28.2. The average molecular weight is 783 g/mol. The van der Waals surface area contributed by atoms with Crippen LogP contribution in [0.15, 0.2) is 159 Å². The lowest BCUT2D eigenvalue weighted by Crippen LogP contribution is -2.46. The first kappa shape index (κ1) is 44.1. The number of cyclic esters (lactones) is 2. The number of aliphatic hydroxyl groups is 1. The Bertz CT molecular complexity index is 1980. The van der Waals surface area contributed by atoms with E-state index in [1.54, 1.807) is 30.4 Å². The molecule has 0 aromatic heterocycles. The van der Waals surface area contributed by atoms with Gasteiger partial charge in [-0.2, -0.15) is 0 Å². The van der Waals surface area contributed by atoms with Gasteiger partial charge in [-0.25, -0.2) is 19.4 Å². The van der Waals surface area contributed by atoms with Gasteiger partial charge in [-0.3, -0.25) is 14.4 Å². The van der Waals surface area contributed by atoms with Gasteiger partial charge in [-0.1, -0.05) is 152 Å². The molecule has 4 amide bonds. The second-order valence-electron chi connectivity index (χ2n) is 13.4. The fourth-order valence-electron chi connectivity index (χ4n) is 6.28. The van der Waals surface area contributed by atoms with Crippen molar-refractivity contribution in [2.45, 2.75) is 50.3 Å². The summed E-state index contributed by atoms with van der Waals surface area (Å²) in [6.45, 7) is 7.69. The summed E-state index contributed by atoms with van der Waals surface area (Å²) in [5.74, 6) is -1.45. The zero-order chi connectivity index (χ0) is 41.5. The highest BCUT2D eigenvalue weighted by Gasteiger charge is 2.42. The van der Waals surface area contributed by atoms with Crippen LogP contribution in [0.3, 0.4) is 0 Å². The molecule has 0 aliphatic carbocycles. The smallest absolute Gasteiger partial charge is 0.416 e. The predicted octanol–water partition coefficient (Wildman–Crippen LogP) is 8.28. The first-order valence-electron chi connectivity index (χ1n) is 19.1. The van der Waals surface area contributed by atoms with Crippen LogP contribution in [0.4, 0.5) is 9.59 Å². The van der Waals surface area contributed by atoms with Crippen molar-refractivity contribution in [1.29, 1.82) is 0 Å². The molecule has 0 unspecified atom stereocenters. The van der Waals surface area contributed by atoms with Crippen LogP contribution < -0.4 is 0 Å². The van der Waals surface area contributed by atoms with Gasteiger partial charge in [0, 0.05) is 6.42 Å². The van der Waals surface area contributed by atoms with Crippen molar-refractivity contribution >= 4 is 42.4 Å². The second-order valence-corrected chi connectivity index (χ2v) is 13.4. The third kappa shape index (κ3) is 13.8. The summed E-state index contributed by atoms with van der Waals surface area (Å²) in [6, 6.07) is 38.0. The molecule has 0 bridgehead atoms. The largest absolute Gasteiger partial charge is 0.447 e. The molecular formula is C48H50N2O8. The van der Waals surface area contributed by atoms with Crippen molar-refractivity contribution in [3.05, 3.63) is 181 Å². The maximum Gasteiger partial charge on any atom is 0.416 e. The van der Waals surface area contributed by atoms with Gasteiger partial charge in [0.25, 0.3) is 0 Å². The van der Waals surface area contributed by atoms with Crippen LogP contribution in [-0.4, -0.2) is 76.6 Å². The van der Waals surface area contributed by atoms with Gasteiger partial charge in [-0.05, 0) is 54.0 Å². The second kappa shape index (κ2) is 24.1. The molecule has 6 rings (SSSR count). The van der Waals surface area contributed by atoms with Crippen molar-refractivity contribution in [2.24, 2.45) is 5.92 Å². The Kier molecular flexibility index (Phi) is 18.3. The number of rotatable bonds is 15. The summed E-state index contributed by atoms with van der Waals surface area (Å²) >= 11 is 0. The minimum atomic E-state index is -1.05. The molecule has 10 nitrogen and oxygen atoms in total. The number of carbonyl (C=O) groups excluding carboxylic acids is 5. The summed E-state index contributed by atoms with van der Waals surface area (Å²) in [6.07, 6.45) is 10.6. The third-order valence-corrected chi connectivity index (χ3v) is 9.22. The Morgan fingerprint density at radius 3 is 1.64 bits per heavy atom. The van der Waals surface area contributed by atoms with Gasteiger partial charge < -0.3 is 14.6 Å². The van der Waals surface area contributed by atoms with E-state index >= 15 is 0 Å². The van der Waals surface area contributed by atoms with Crippen molar-refractivity contribution in [2.75, 3.05) is 13.2 Å². The van der Waals surface area contributed by atoms with E-state index in [1.165, 1.54) is 11.0 Å². The van der Waals surface area contributed by atoms with Gasteiger partial charge in [0.05, 0.1) is 24.1 Å². The molecular weight excluding hydrogens is 733 g/mol. The Morgan fingerprint density at radius 1 is 0.690 bits per heavy atom. The van der Waals surface area contributed by atoms with Gasteiger partial charge in [0.2, 0.25) is 11.8 Å². The standard InChI is InChI=1S/C24H25NO4.C15H17NO3.C9H8O/c1-2-9-21(22(26)15-14-18-10-5-3-6-11-18)23(27)25-20(17-29-24(25)28)16-19-12-7-4-8-13-19;1-2-3-9-14(17)16-13(11-19-15(16)18)10-12-7-5-4-6-8-12;10-8-4-7-9-5-2-1-3-6-9/h2-8,10-15,20-22,26H,1,9,16-17H2;2,4-8,13H,1,3,9-11H2;1-8H/b15-14+;;7-4+/t20-,21+,22+;13-;/m11./s1. The minimum absolute atomic E-state index is 0.149. The summed E-state index contributed by atoms with van der Waals surface area (Å²) < 4.78 is 10.1. The van der Waals surface area contributed by atoms with Crippen LogP contribution in [0.25, 0.3) is 12.2 Å². The van der Waals surface area contributed by atoms with Crippen LogP contribution in [-0.2, 0) is 36.7 Å². The van der Waals surface area contributed by atoms with Crippen molar-refractivity contribution in [3.63, 3.8) is 0 Å². The van der Waals surface area contributed by atoms with E-state index < -0.39 is 36.2 Å². The zero-order valence-corrected chi connectivity index (χ0v) is 32.5. The average Bonchev–Trinajstić information content (AvgIpc) is 3.81. The summed E-state index contributed by atoms with van der Waals surface area (Å²) in [4.78, 5) is 61.4. The molecule has 4 aromatic rings. The molecule has 1 N–H and O–H groups in total. The summed E-state index contributed by atoms with van der Waals surface area (Å²) in [5, 5.41) is 10.7. The van der Waals surface area contributed by atoms with Crippen molar-refractivity contribution in [3.8, 4) is 0 Å². The maximum atomic E-state index is 13.2. The molecule has 58 heavy (non-hydrogen) atoms. The number of benzene rings is 4. The fraction of sp³-hybridized carbons (Fsp3) is 0.229.